The molecule has 3 amide bonds. The topological polar surface area (TPSA) is 142 Å². The molecule has 1 aliphatic carbocycles. The van der Waals surface area contributed by atoms with E-state index in [-0.39, 0.29) is 70.8 Å². The maximum Gasteiger partial charge on any atom is 0.490 e. The summed E-state index contributed by atoms with van der Waals surface area (Å²) in [6.07, 6.45) is -6.81. The van der Waals surface area contributed by atoms with E-state index in [1.54, 1.807) is 19.1 Å². The molecule has 2 unspecified atom stereocenters. The first-order valence-corrected chi connectivity index (χ1v) is 15.8. The standard InChI is InChI=1S/C29H30F3N5O3S.C2HF3O2/c1-4-18-23(36-25(38)14-5-8-33-9-6-14)17(12-20(35-18)29(30,31)32)16-7-10-34-19-11-15(41-24(16)19)13-37-26(39)21-22(27(37)40)28(21,2)3;3-2(4,5)1(6)7/h7,10-12,14,21-22,33H,4-6,8-9,13H2,1-3H3,(H,36,38);(H,6,7). The van der Waals surface area contributed by atoms with Crippen LogP contribution in [-0.4, -0.2) is 62.9 Å². The molecule has 0 spiro atoms. The number of rotatable bonds is 6. The first-order valence-electron chi connectivity index (χ1n) is 15.0. The first-order chi connectivity index (χ1) is 22.4. The number of aromatic nitrogens is 2. The smallest absolute Gasteiger partial charge is 0.475 e. The third-order valence-corrected chi connectivity index (χ3v) is 10.0. The fraction of sp³-hybridized carbons (Fsp3) is 0.484. The number of alkyl halides is 6. The van der Waals surface area contributed by atoms with Gasteiger partial charge in [0.1, 0.15) is 5.69 Å². The van der Waals surface area contributed by atoms with Crippen LogP contribution < -0.4 is 10.6 Å². The number of carbonyl (C=O) groups is 4. The normalized spacial score (nSPS) is 20.7. The summed E-state index contributed by atoms with van der Waals surface area (Å²) in [4.78, 5) is 58.2. The summed E-state index contributed by atoms with van der Waals surface area (Å²) in [7, 11) is 0. The van der Waals surface area contributed by atoms with Gasteiger partial charge in [-0.1, -0.05) is 20.8 Å². The average molecular weight is 700 g/mol. The molecule has 2 saturated heterocycles. The lowest BCUT2D eigenvalue weighted by Gasteiger charge is -2.24. The van der Waals surface area contributed by atoms with Crippen molar-refractivity contribution in [2.75, 3.05) is 18.4 Å². The molecule has 3 aliphatic rings. The van der Waals surface area contributed by atoms with Crippen LogP contribution in [0.15, 0.2) is 24.4 Å². The summed E-state index contributed by atoms with van der Waals surface area (Å²) in [5.74, 6) is -4.22. The number of nitrogens with zero attached hydrogens (tertiary/aromatic N) is 3. The Hall–Kier alpha value is -4.12. The molecule has 3 fully saturated rings. The van der Waals surface area contributed by atoms with Gasteiger partial charge in [-0.3, -0.25) is 24.3 Å². The Labute approximate surface area is 273 Å². The Bertz CT molecular complexity index is 1760. The van der Waals surface area contributed by atoms with Crippen molar-refractivity contribution < 1.29 is 50.6 Å². The molecule has 48 heavy (non-hydrogen) atoms. The molecular formula is C31H31F6N5O5S. The number of hydrogen-bond acceptors (Lipinski definition) is 8. The summed E-state index contributed by atoms with van der Waals surface area (Å²) < 4.78 is 74.2. The Kier molecular flexibility index (Phi) is 9.33. The van der Waals surface area contributed by atoms with E-state index in [2.05, 4.69) is 20.6 Å². The summed E-state index contributed by atoms with van der Waals surface area (Å²) in [6, 6.07) is 4.37. The number of halogens is 6. The average Bonchev–Trinajstić information content (AvgIpc) is 3.25. The summed E-state index contributed by atoms with van der Waals surface area (Å²) >= 11 is 1.28. The van der Waals surface area contributed by atoms with Crippen LogP contribution in [0.2, 0.25) is 0 Å². The monoisotopic (exact) mass is 699 g/mol. The van der Waals surface area contributed by atoms with Crippen LogP contribution in [0.5, 0.6) is 0 Å². The summed E-state index contributed by atoms with van der Waals surface area (Å²) in [5, 5.41) is 13.3. The number of hydrogen-bond donors (Lipinski definition) is 3. The number of fused-ring (bicyclic) bond motifs is 2. The molecule has 0 aromatic carbocycles. The maximum absolute atomic E-state index is 14.0. The number of aliphatic carboxylic acids is 1. The van der Waals surface area contributed by atoms with Crippen LogP contribution in [0, 0.1) is 23.2 Å². The molecule has 3 N–H and O–H groups in total. The molecule has 10 nitrogen and oxygen atoms in total. The third kappa shape index (κ3) is 6.74. The predicted molar refractivity (Wildman–Crippen MR) is 161 cm³/mol. The number of pyridine rings is 2. The number of nitrogens with one attached hydrogen (secondary N) is 2. The Balaban J connectivity index is 0.000000582. The van der Waals surface area contributed by atoms with Crippen LogP contribution in [0.3, 0.4) is 0 Å². The first kappa shape index (κ1) is 35.2. The van der Waals surface area contributed by atoms with E-state index in [1.165, 1.54) is 22.4 Å². The van der Waals surface area contributed by atoms with Gasteiger partial charge in [0.15, 0.2) is 0 Å². The van der Waals surface area contributed by atoms with Gasteiger partial charge in [0.05, 0.1) is 40.0 Å². The number of likely N-dealkylation sites (tertiary alicyclic amines) is 1. The lowest BCUT2D eigenvalue weighted by molar-refractivity contribution is -0.192. The van der Waals surface area contributed by atoms with Crippen molar-refractivity contribution in [1.82, 2.24) is 20.2 Å². The van der Waals surface area contributed by atoms with E-state index < -0.39 is 24.0 Å². The minimum atomic E-state index is -5.08. The number of amides is 3. The van der Waals surface area contributed by atoms with Gasteiger partial charge < -0.3 is 15.7 Å². The van der Waals surface area contributed by atoms with Gasteiger partial charge >= 0.3 is 18.3 Å². The lowest BCUT2D eigenvalue weighted by atomic mass is 9.96. The number of aryl methyl sites for hydroxylation is 1. The van der Waals surface area contributed by atoms with E-state index in [0.717, 1.165) is 6.07 Å². The van der Waals surface area contributed by atoms with Gasteiger partial charge in [-0.25, -0.2) is 9.78 Å². The van der Waals surface area contributed by atoms with Gasteiger partial charge in [-0.15, -0.1) is 11.3 Å². The molecule has 2 aliphatic heterocycles. The van der Waals surface area contributed by atoms with E-state index in [1.807, 2.05) is 13.8 Å². The number of imide groups is 1. The second kappa shape index (κ2) is 12.7. The molecule has 258 valence electrons. The minimum absolute atomic E-state index is 0.0882. The Morgan fingerprint density at radius 3 is 2.21 bits per heavy atom. The van der Waals surface area contributed by atoms with Crippen molar-refractivity contribution in [3.63, 3.8) is 0 Å². The summed E-state index contributed by atoms with van der Waals surface area (Å²) in [6.45, 7) is 7.02. The zero-order chi connectivity index (χ0) is 35.3. The molecule has 3 aromatic heterocycles. The largest absolute Gasteiger partial charge is 0.490 e. The van der Waals surface area contributed by atoms with Crippen molar-refractivity contribution >= 4 is 50.9 Å². The minimum Gasteiger partial charge on any atom is -0.475 e. The zero-order valence-corrected chi connectivity index (χ0v) is 26.7. The zero-order valence-electron chi connectivity index (χ0n) is 25.9. The molecule has 6 rings (SSSR count). The number of carbonyl (C=O) groups excluding carboxylic acids is 3. The SMILES string of the molecule is CCc1nc(C(F)(F)F)cc(-c2ccnc3cc(CN4C(=O)C5C(C4=O)C5(C)C)sc23)c1NC(=O)C1CCNCC1.O=C(O)C(F)(F)F. The van der Waals surface area contributed by atoms with Gasteiger partial charge in [-0.2, -0.15) is 26.3 Å². The third-order valence-electron chi connectivity index (χ3n) is 8.88. The molecule has 1 saturated carbocycles. The number of carboxylic acids is 1. The van der Waals surface area contributed by atoms with Crippen molar-refractivity contribution in [3.05, 3.63) is 40.7 Å². The molecule has 3 aromatic rings. The molecular weight excluding hydrogens is 668 g/mol. The molecule has 0 bridgehead atoms. The molecule has 2 atom stereocenters. The van der Waals surface area contributed by atoms with Gasteiger partial charge in [0.2, 0.25) is 17.7 Å². The van der Waals surface area contributed by atoms with Crippen molar-refractivity contribution in [1.29, 1.82) is 0 Å². The highest BCUT2D eigenvalue weighted by Gasteiger charge is 2.72. The van der Waals surface area contributed by atoms with Crippen molar-refractivity contribution in [2.24, 2.45) is 23.2 Å². The van der Waals surface area contributed by atoms with Crippen molar-refractivity contribution in [2.45, 2.75) is 58.9 Å². The van der Waals surface area contributed by atoms with Crippen LogP contribution in [-0.2, 0) is 38.3 Å². The highest BCUT2D eigenvalue weighted by Crippen LogP contribution is 2.63. The van der Waals surface area contributed by atoms with Crippen LogP contribution in [0.4, 0.5) is 32.0 Å². The quantitative estimate of drug-likeness (QED) is 0.222. The van der Waals surface area contributed by atoms with Crippen LogP contribution in [0.1, 0.15) is 49.9 Å². The van der Waals surface area contributed by atoms with Gasteiger partial charge in [0.25, 0.3) is 0 Å². The lowest BCUT2D eigenvalue weighted by Crippen LogP contribution is -2.35. The molecule has 17 heteroatoms. The Morgan fingerprint density at radius 1 is 1.06 bits per heavy atom. The number of thiophene rings is 1. The van der Waals surface area contributed by atoms with Gasteiger partial charge in [0, 0.05) is 28.1 Å². The summed E-state index contributed by atoms with van der Waals surface area (Å²) in [5.41, 5.74) is 0.268. The number of carboxylic acid groups (broad SMARTS) is 1. The number of anilines is 1. The highest BCUT2D eigenvalue weighted by atomic mass is 32.1. The highest BCUT2D eigenvalue weighted by molar-refractivity contribution is 7.19. The van der Waals surface area contributed by atoms with E-state index in [9.17, 15) is 40.7 Å². The molecule has 0 radical (unpaired) electrons. The number of piperidine rings is 2. The van der Waals surface area contributed by atoms with Crippen LogP contribution >= 0.6 is 11.3 Å². The predicted octanol–water partition coefficient (Wildman–Crippen LogP) is 5.65. The molecule has 5 heterocycles. The van der Waals surface area contributed by atoms with E-state index in [0.29, 0.717) is 46.6 Å². The van der Waals surface area contributed by atoms with E-state index >= 15 is 0 Å². The second-order valence-corrected chi connectivity index (χ2v) is 13.5. The fourth-order valence-electron chi connectivity index (χ4n) is 6.25. The van der Waals surface area contributed by atoms with Gasteiger partial charge in [-0.05, 0) is 56.0 Å². The Morgan fingerprint density at radius 2 is 1.67 bits per heavy atom. The van der Waals surface area contributed by atoms with Crippen molar-refractivity contribution in [3.8, 4) is 11.1 Å². The van der Waals surface area contributed by atoms with Crippen LogP contribution in [0.25, 0.3) is 21.3 Å². The maximum atomic E-state index is 14.0. The fourth-order valence-corrected chi connectivity index (χ4v) is 7.38. The second-order valence-electron chi connectivity index (χ2n) is 12.4. The van der Waals surface area contributed by atoms with E-state index in [4.69, 9.17) is 9.90 Å².